The van der Waals surface area contributed by atoms with Crippen LogP contribution in [-0.4, -0.2) is 97.3 Å². The minimum absolute atomic E-state index is 0.0461. The fraction of sp³-hybridized carbons (Fsp3) is 0.455. The molecule has 0 atom stereocenters. The van der Waals surface area contributed by atoms with E-state index in [1.165, 1.54) is 12.1 Å². The van der Waals surface area contributed by atoms with Crippen LogP contribution < -0.4 is 21.3 Å². The van der Waals surface area contributed by atoms with Crippen LogP contribution >= 0.6 is 0 Å². The van der Waals surface area contributed by atoms with E-state index >= 15 is 0 Å². The smallest absolute Gasteiger partial charge is 0.271 e. The molecule has 0 radical (unpaired) electrons. The summed E-state index contributed by atoms with van der Waals surface area (Å²) < 4.78 is 19.5. The van der Waals surface area contributed by atoms with Crippen LogP contribution in [0.5, 0.6) is 0 Å². The first-order chi connectivity index (χ1) is 21.9. The highest BCUT2D eigenvalue weighted by Gasteiger charge is 2.27. The van der Waals surface area contributed by atoms with Gasteiger partial charge in [-0.2, -0.15) is 5.26 Å². The number of carbonyl (C=O) groups is 1. The van der Waals surface area contributed by atoms with Crippen molar-refractivity contribution in [2.45, 2.75) is 37.8 Å². The quantitative estimate of drug-likeness (QED) is 0.344. The number of ether oxygens (including phenoxy) is 1. The molecule has 11 nitrogen and oxygen atoms in total. The summed E-state index contributed by atoms with van der Waals surface area (Å²) in [6, 6.07) is 14.6. The first kappa shape index (κ1) is 30.7. The molecule has 0 bridgehead atoms. The van der Waals surface area contributed by atoms with Crippen LogP contribution in [0.2, 0.25) is 0 Å². The van der Waals surface area contributed by atoms with Gasteiger partial charge in [0.2, 0.25) is 0 Å². The van der Waals surface area contributed by atoms with Crippen molar-refractivity contribution in [2.75, 3.05) is 75.1 Å². The highest BCUT2D eigenvalue weighted by Crippen LogP contribution is 2.33. The molecule has 3 aliphatic rings. The third kappa shape index (κ3) is 7.17. The number of hydrogen-bond acceptors (Lipinski definition) is 10. The monoisotopic (exact) mass is 613 g/mol. The Morgan fingerprint density at radius 2 is 1.69 bits per heavy atom. The van der Waals surface area contributed by atoms with E-state index in [0.29, 0.717) is 30.6 Å². The van der Waals surface area contributed by atoms with Crippen molar-refractivity contribution in [3.63, 3.8) is 0 Å². The number of nitrogens with one attached hydrogen (secondary N) is 2. The molecule has 4 N–H and O–H groups in total. The molecule has 45 heavy (non-hydrogen) atoms. The lowest BCUT2D eigenvalue weighted by Crippen LogP contribution is -2.52. The van der Waals surface area contributed by atoms with Crippen LogP contribution in [0.25, 0.3) is 11.3 Å². The fourth-order valence-corrected chi connectivity index (χ4v) is 6.40. The number of piperidine rings is 1. The van der Waals surface area contributed by atoms with Gasteiger partial charge in [0.05, 0.1) is 11.6 Å². The van der Waals surface area contributed by atoms with Crippen molar-refractivity contribution in [3.05, 3.63) is 59.5 Å². The molecule has 1 amide bonds. The Balaban J connectivity index is 1.22. The maximum Gasteiger partial charge on any atom is 0.271 e. The van der Waals surface area contributed by atoms with Gasteiger partial charge in [-0.05, 0) is 75.2 Å². The Labute approximate surface area is 263 Å². The number of nitriles is 1. The third-order valence-corrected chi connectivity index (χ3v) is 9.06. The number of aromatic nitrogens is 2. The number of hydrogen-bond donors (Lipinski definition) is 3. The number of benzene rings is 2. The standard InChI is InChI=1S/C33H40FN9O2/c1-41-14-16-43(17-15-41)27-8-12-42(13-9-27)26-5-3-24(4-6-26)37-33-30(31(36)44)39-29(28-7-2-23(34)20-22(28)21-35)32(40-33)38-25-10-18-45-19-11-25/h2-7,20,25,27H,8-19H2,1H3,(H2,36,44)(H2,37,38,40). The largest absolute Gasteiger partial charge is 0.381 e. The molecular weight excluding hydrogens is 573 g/mol. The Morgan fingerprint density at radius 3 is 2.36 bits per heavy atom. The van der Waals surface area contributed by atoms with Crippen LogP contribution in [0.3, 0.4) is 0 Å². The first-order valence-electron chi connectivity index (χ1n) is 15.7. The molecule has 12 heteroatoms. The summed E-state index contributed by atoms with van der Waals surface area (Å²) in [6.45, 7) is 7.80. The number of likely N-dealkylation sites (N-methyl/N-ethyl adjacent to an activating group) is 1. The van der Waals surface area contributed by atoms with Crippen LogP contribution in [0.4, 0.5) is 27.4 Å². The van der Waals surface area contributed by atoms with Crippen molar-refractivity contribution in [3.8, 4) is 17.3 Å². The molecule has 4 heterocycles. The molecule has 0 spiro atoms. The van der Waals surface area contributed by atoms with E-state index in [1.54, 1.807) is 0 Å². The van der Waals surface area contributed by atoms with Gasteiger partial charge in [0.15, 0.2) is 17.3 Å². The van der Waals surface area contributed by atoms with Gasteiger partial charge in [-0.15, -0.1) is 0 Å². The summed E-state index contributed by atoms with van der Waals surface area (Å²) in [4.78, 5) is 29.5. The minimum atomic E-state index is -0.774. The number of nitrogens with zero attached hydrogens (tertiary/aromatic N) is 6. The van der Waals surface area contributed by atoms with E-state index in [0.717, 1.165) is 82.4 Å². The molecule has 0 unspecified atom stereocenters. The van der Waals surface area contributed by atoms with Gasteiger partial charge in [0.1, 0.15) is 11.5 Å². The van der Waals surface area contributed by atoms with Crippen molar-refractivity contribution in [1.82, 2.24) is 19.8 Å². The lowest BCUT2D eigenvalue weighted by atomic mass is 10.0. The van der Waals surface area contributed by atoms with Crippen molar-refractivity contribution < 1.29 is 13.9 Å². The van der Waals surface area contributed by atoms with Crippen LogP contribution in [0.15, 0.2) is 42.5 Å². The molecule has 3 fully saturated rings. The molecule has 3 aromatic rings. The van der Waals surface area contributed by atoms with Crippen LogP contribution in [-0.2, 0) is 4.74 Å². The fourth-order valence-electron chi connectivity index (χ4n) is 6.40. The number of piperazine rings is 1. The van der Waals surface area contributed by atoms with E-state index in [4.69, 9.17) is 15.5 Å². The van der Waals surface area contributed by atoms with E-state index in [9.17, 15) is 14.4 Å². The second-order valence-electron chi connectivity index (χ2n) is 12.0. The second kappa shape index (κ2) is 13.8. The number of primary amides is 1. The SMILES string of the molecule is CN1CCN(C2CCN(c3ccc(Nc4nc(NC5CCOCC5)c(-c5ccc(F)cc5C#N)nc4C(N)=O)cc3)CC2)CC1. The molecule has 3 saturated heterocycles. The summed E-state index contributed by atoms with van der Waals surface area (Å²) in [5, 5.41) is 16.4. The summed E-state index contributed by atoms with van der Waals surface area (Å²) >= 11 is 0. The van der Waals surface area contributed by atoms with Gasteiger partial charge in [-0.1, -0.05) is 0 Å². The molecule has 236 valence electrons. The molecule has 0 saturated carbocycles. The van der Waals surface area contributed by atoms with Gasteiger partial charge in [-0.3, -0.25) is 9.69 Å². The molecule has 2 aromatic carbocycles. The van der Waals surface area contributed by atoms with Crippen LogP contribution in [0.1, 0.15) is 41.7 Å². The van der Waals surface area contributed by atoms with Crippen molar-refractivity contribution in [1.29, 1.82) is 5.26 Å². The Kier molecular flexibility index (Phi) is 9.39. The second-order valence-corrected chi connectivity index (χ2v) is 12.0. The Bertz CT molecular complexity index is 1540. The average molecular weight is 614 g/mol. The maximum absolute atomic E-state index is 14.0. The van der Waals surface area contributed by atoms with Crippen LogP contribution in [0, 0.1) is 17.1 Å². The number of nitrogens with two attached hydrogens (primary N) is 1. The molecule has 3 aliphatic heterocycles. The predicted molar refractivity (Wildman–Crippen MR) is 172 cm³/mol. The molecule has 0 aliphatic carbocycles. The Morgan fingerprint density at radius 1 is 0.978 bits per heavy atom. The highest BCUT2D eigenvalue weighted by atomic mass is 19.1. The highest BCUT2D eigenvalue weighted by molar-refractivity contribution is 5.98. The summed E-state index contributed by atoms with van der Waals surface area (Å²) in [5.41, 5.74) is 8.28. The van der Waals surface area contributed by atoms with Gasteiger partial charge in [0, 0.05) is 81.5 Å². The minimum Gasteiger partial charge on any atom is -0.381 e. The molecule has 1 aromatic heterocycles. The Hall–Kier alpha value is -4.31. The van der Waals surface area contributed by atoms with Gasteiger partial charge >= 0.3 is 0 Å². The summed E-state index contributed by atoms with van der Waals surface area (Å²) in [5.74, 6) is -0.748. The molecule has 6 rings (SSSR count). The van der Waals surface area contributed by atoms with Gasteiger partial charge in [-0.25, -0.2) is 14.4 Å². The van der Waals surface area contributed by atoms with E-state index in [-0.39, 0.29) is 28.8 Å². The topological polar surface area (TPSA) is 136 Å². The zero-order valence-electron chi connectivity index (χ0n) is 25.6. The van der Waals surface area contributed by atoms with Gasteiger partial charge in [0.25, 0.3) is 5.91 Å². The number of amides is 1. The van der Waals surface area contributed by atoms with E-state index in [1.807, 2.05) is 18.2 Å². The predicted octanol–water partition coefficient (Wildman–Crippen LogP) is 3.80. The number of carbonyl (C=O) groups excluding carboxylic acids is 1. The lowest BCUT2D eigenvalue weighted by Gasteiger charge is -2.42. The van der Waals surface area contributed by atoms with Gasteiger partial charge < -0.3 is 30.9 Å². The zero-order chi connectivity index (χ0) is 31.3. The molecular formula is C33H40FN9O2. The van der Waals surface area contributed by atoms with E-state index in [2.05, 4.69) is 49.5 Å². The summed E-state index contributed by atoms with van der Waals surface area (Å²) in [7, 11) is 2.19. The number of anilines is 4. The first-order valence-corrected chi connectivity index (χ1v) is 15.7. The van der Waals surface area contributed by atoms with Crippen molar-refractivity contribution in [2.24, 2.45) is 5.73 Å². The van der Waals surface area contributed by atoms with E-state index < -0.39 is 11.7 Å². The third-order valence-electron chi connectivity index (χ3n) is 9.06. The average Bonchev–Trinajstić information content (AvgIpc) is 3.06. The number of halogens is 1. The zero-order valence-corrected chi connectivity index (χ0v) is 25.6. The normalized spacial score (nSPS) is 18.8. The number of rotatable bonds is 8. The lowest BCUT2D eigenvalue weighted by molar-refractivity contribution is 0.0904. The maximum atomic E-state index is 14.0. The summed E-state index contributed by atoms with van der Waals surface area (Å²) in [6.07, 6.45) is 3.81. The van der Waals surface area contributed by atoms with Crippen molar-refractivity contribution >= 4 is 28.9 Å².